The van der Waals surface area contributed by atoms with Gasteiger partial charge in [-0.25, -0.2) is 0 Å². The normalized spacial score (nSPS) is 18.1. The second-order valence-corrected chi connectivity index (χ2v) is 9.69. The maximum Gasteiger partial charge on any atom is 0.253 e. The first-order valence-corrected chi connectivity index (χ1v) is 12.1. The van der Waals surface area contributed by atoms with E-state index in [9.17, 15) is 9.59 Å². The van der Waals surface area contributed by atoms with Gasteiger partial charge in [0.2, 0.25) is 0 Å². The summed E-state index contributed by atoms with van der Waals surface area (Å²) >= 11 is 3.44. The van der Waals surface area contributed by atoms with Crippen LogP contribution in [0.25, 0.3) is 0 Å². The van der Waals surface area contributed by atoms with Crippen molar-refractivity contribution in [3.63, 3.8) is 0 Å². The Hall–Kier alpha value is -2.21. The summed E-state index contributed by atoms with van der Waals surface area (Å²) in [6, 6.07) is 11.7. The van der Waals surface area contributed by atoms with Crippen LogP contribution in [-0.2, 0) is 0 Å². The summed E-state index contributed by atoms with van der Waals surface area (Å²) in [6.45, 7) is 3.32. The Labute approximate surface area is 192 Å². The fourth-order valence-electron chi connectivity index (χ4n) is 4.75. The van der Waals surface area contributed by atoms with E-state index >= 15 is 0 Å². The topological polar surface area (TPSA) is 62.3 Å². The molecule has 1 saturated carbocycles. The molecule has 1 N–H and O–H groups in total. The van der Waals surface area contributed by atoms with Gasteiger partial charge in [-0.2, -0.15) is 0 Å². The summed E-state index contributed by atoms with van der Waals surface area (Å²) in [5, 5.41) is 3.24. The van der Waals surface area contributed by atoms with Crippen molar-refractivity contribution in [3.05, 3.63) is 63.4 Å². The smallest absolute Gasteiger partial charge is 0.253 e. The molecule has 0 spiro atoms. The van der Waals surface area contributed by atoms with Crippen molar-refractivity contribution in [2.45, 2.75) is 63.8 Å². The SMILES string of the molecule is Cc1ccc(C(=O)NC2CCCCC2)c(C2CCN(C(=O)c3cccc(Br)c3)CC2)n1. The monoisotopic (exact) mass is 483 g/mol. The number of piperidine rings is 1. The van der Waals surface area contributed by atoms with Crippen LogP contribution in [0.4, 0.5) is 0 Å². The van der Waals surface area contributed by atoms with Crippen LogP contribution in [0.3, 0.4) is 0 Å². The number of aromatic nitrogens is 1. The zero-order chi connectivity index (χ0) is 21.8. The average molecular weight is 484 g/mol. The number of benzene rings is 1. The van der Waals surface area contributed by atoms with Crippen LogP contribution in [0.2, 0.25) is 0 Å². The van der Waals surface area contributed by atoms with Crippen LogP contribution in [0.5, 0.6) is 0 Å². The van der Waals surface area contributed by atoms with Crippen molar-refractivity contribution in [2.24, 2.45) is 0 Å². The predicted molar refractivity (Wildman–Crippen MR) is 125 cm³/mol. The molecule has 5 nitrogen and oxygen atoms in total. The summed E-state index contributed by atoms with van der Waals surface area (Å²) in [5.41, 5.74) is 3.22. The quantitative estimate of drug-likeness (QED) is 0.646. The zero-order valence-corrected chi connectivity index (χ0v) is 19.7. The van der Waals surface area contributed by atoms with E-state index in [0.29, 0.717) is 24.2 Å². The Morgan fingerprint density at radius 3 is 2.48 bits per heavy atom. The Bertz CT molecular complexity index is 948. The summed E-state index contributed by atoms with van der Waals surface area (Å²) in [4.78, 5) is 32.6. The summed E-state index contributed by atoms with van der Waals surface area (Å²) in [5.74, 6) is 0.257. The highest BCUT2D eigenvalue weighted by Gasteiger charge is 2.29. The third-order valence-corrected chi connectivity index (χ3v) is 6.98. The van der Waals surface area contributed by atoms with E-state index in [1.54, 1.807) is 0 Å². The van der Waals surface area contributed by atoms with E-state index < -0.39 is 0 Å². The van der Waals surface area contributed by atoms with E-state index in [2.05, 4.69) is 21.2 Å². The van der Waals surface area contributed by atoms with Gasteiger partial charge in [-0.1, -0.05) is 41.3 Å². The Morgan fingerprint density at radius 2 is 1.77 bits per heavy atom. The Balaban J connectivity index is 1.44. The molecule has 0 bridgehead atoms. The largest absolute Gasteiger partial charge is 0.349 e. The minimum Gasteiger partial charge on any atom is -0.349 e. The molecule has 2 heterocycles. The number of likely N-dealkylation sites (tertiary alicyclic amines) is 1. The van der Waals surface area contributed by atoms with Gasteiger partial charge in [-0.15, -0.1) is 0 Å². The number of nitrogens with zero attached hydrogens (tertiary/aromatic N) is 2. The highest BCUT2D eigenvalue weighted by molar-refractivity contribution is 9.10. The molecule has 2 aliphatic rings. The molecule has 164 valence electrons. The molecular formula is C25H30BrN3O2. The van der Waals surface area contributed by atoms with E-state index in [-0.39, 0.29) is 23.8 Å². The van der Waals surface area contributed by atoms with Gasteiger partial charge in [0.15, 0.2) is 0 Å². The predicted octanol–water partition coefficient (Wildman–Crippen LogP) is 5.23. The molecule has 0 unspecified atom stereocenters. The van der Waals surface area contributed by atoms with Gasteiger partial charge >= 0.3 is 0 Å². The third-order valence-electron chi connectivity index (χ3n) is 6.49. The number of halogens is 1. The van der Waals surface area contributed by atoms with Crippen molar-refractivity contribution in [1.82, 2.24) is 15.2 Å². The van der Waals surface area contributed by atoms with Crippen LogP contribution < -0.4 is 5.32 Å². The highest BCUT2D eigenvalue weighted by atomic mass is 79.9. The van der Waals surface area contributed by atoms with Crippen LogP contribution in [0, 0.1) is 6.92 Å². The molecule has 4 rings (SSSR count). The van der Waals surface area contributed by atoms with Crippen molar-refractivity contribution < 1.29 is 9.59 Å². The number of hydrogen-bond donors (Lipinski definition) is 1. The Kier molecular flexibility index (Phi) is 7.06. The van der Waals surface area contributed by atoms with Crippen molar-refractivity contribution in [1.29, 1.82) is 0 Å². The van der Waals surface area contributed by atoms with Gasteiger partial charge in [0.25, 0.3) is 11.8 Å². The van der Waals surface area contributed by atoms with E-state index in [1.165, 1.54) is 19.3 Å². The Morgan fingerprint density at radius 1 is 1.03 bits per heavy atom. The fraction of sp³-hybridized carbons (Fsp3) is 0.480. The zero-order valence-electron chi connectivity index (χ0n) is 18.1. The molecule has 0 radical (unpaired) electrons. The lowest BCUT2D eigenvalue weighted by atomic mass is 9.89. The van der Waals surface area contributed by atoms with Gasteiger partial charge in [-0.05, 0) is 62.9 Å². The third kappa shape index (κ3) is 5.35. The maximum absolute atomic E-state index is 13.1. The lowest BCUT2D eigenvalue weighted by molar-refractivity contribution is 0.0710. The van der Waals surface area contributed by atoms with Crippen molar-refractivity contribution >= 4 is 27.7 Å². The van der Waals surface area contributed by atoms with Gasteiger partial charge in [0.1, 0.15) is 0 Å². The van der Waals surface area contributed by atoms with Gasteiger partial charge < -0.3 is 10.2 Å². The summed E-state index contributed by atoms with van der Waals surface area (Å²) in [7, 11) is 0. The molecule has 1 aliphatic heterocycles. The summed E-state index contributed by atoms with van der Waals surface area (Å²) < 4.78 is 0.908. The van der Waals surface area contributed by atoms with E-state index in [1.807, 2.05) is 48.2 Å². The fourth-order valence-corrected chi connectivity index (χ4v) is 5.15. The summed E-state index contributed by atoms with van der Waals surface area (Å²) in [6.07, 6.45) is 7.41. The van der Waals surface area contributed by atoms with Crippen LogP contribution in [-0.4, -0.2) is 40.8 Å². The molecule has 6 heteroatoms. The van der Waals surface area contributed by atoms with Gasteiger partial charge in [0.05, 0.1) is 11.3 Å². The molecule has 2 fully saturated rings. The maximum atomic E-state index is 13.1. The number of carbonyl (C=O) groups is 2. The lowest BCUT2D eigenvalue weighted by Gasteiger charge is -2.33. The van der Waals surface area contributed by atoms with E-state index in [4.69, 9.17) is 4.98 Å². The number of rotatable bonds is 4. The highest BCUT2D eigenvalue weighted by Crippen LogP contribution is 2.30. The number of nitrogens with one attached hydrogen (secondary N) is 1. The van der Waals surface area contributed by atoms with Crippen molar-refractivity contribution in [3.8, 4) is 0 Å². The van der Waals surface area contributed by atoms with Gasteiger partial charge in [-0.3, -0.25) is 14.6 Å². The van der Waals surface area contributed by atoms with Gasteiger partial charge in [0, 0.05) is 40.8 Å². The molecule has 31 heavy (non-hydrogen) atoms. The standard InChI is InChI=1S/C25H30BrN3O2/c1-17-10-11-22(24(30)28-21-8-3-2-4-9-21)23(27-17)18-12-14-29(15-13-18)25(31)19-6-5-7-20(26)16-19/h5-7,10-11,16,18,21H,2-4,8-9,12-15H2,1H3,(H,28,30). The minimum atomic E-state index is 0.00189. The van der Waals surface area contributed by atoms with Crippen LogP contribution >= 0.6 is 15.9 Å². The first kappa shape index (κ1) is 22.0. The number of hydrogen-bond acceptors (Lipinski definition) is 3. The molecule has 2 amide bonds. The number of aryl methyl sites for hydroxylation is 1. The average Bonchev–Trinajstić information content (AvgIpc) is 2.79. The molecule has 1 saturated heterocycles. The van der Waals surface area contributed by atoms with Crippen LogP contribution in [0.15, 0.2) is 40.9 Å². The first-order chi connectivity index (χ1) is 15.0. The molecule has 0 atom stereocenters. The number of carbonyl (C=O) groups excluding carboxylic acids is 2. The number of pyridine rings is 1. The number of amides is 2. The second kappa shape index (κ2) is 9.94. The molecular weight excluding hydrogens is 454 g/mol. The van der Waals surface area contributed by atoms with Crippen LogP contribution in [0.1, 0.15) is 83.0 Å². The first-order valence-electron chi connectivity index (χ1n) is 11.3. The lowest BCUT2D eigenvalue weighted by Crippen LogP contribution is -2.39. The second-order valence-electron chi connectivity index (χ2n) is 8.77. The minimum absolute atomic E-state index is 0.00189. The molecule has 1 aromatic heterocycles. The molecule has 2 aromatic rings. The molecule has 1 aliphatic carbocycles. The van der Waals surface area contributed by atoms with Crippen molar-refractivity contribution in [2.75, 3.05) is 13.1 Å². The van der Waals surface area contributed by atoms with E-state index in [0.717, 1.165) is 41.5 Å². The molecule has 1 aromatic carbocycles.